The van der Waals surface area contributed by atoms with Gasteiger partial charge in [0.1, 0.15) is 17.1 Å². The molecule has 1 unspecified atom stereocenters. The number of benzene rings is 2. The largest absolute Gasteiger partial charge is 0.497 e. The smallest absolute Gasteiger partial charge is 0.256 e. The Morgan fingerprint density at radius 2 is 1.83 bits per heavy atom. The Morgan fingerprint density at radius 3 is 2.39 bits per heavy atom. The number of carbonyl (C=O) groups excluding carboxylic acids is 1. The van der Waals surface area contributed by atoms with Gasteiger partial charge in [-0.25, -0.2) is 4.39 Å². The maximum Gasteiger partial charge on any atom is 0.256 e. The number of anilines is 2. The SMILES string of the molecule is COc1ccc2c(c1)C(N)(C(C)C)C(=O)N2c1ccc(F)cc1. The zero-order valence-electron chi connectivity index (χ0n) is 13.3. The van der Waals surface area contributed by atoms with Crippen molar-refractivity contribution < 1.29 is 13.9 Å². The van der Waals surface area contributed by atoms with Crippen LogP contribution in [-0.2, 0) is 10.3 Å². The summed E-state index contributed by atoms with van der Waals surface area (Å²) in [5, 5.41) is 0. The van der Waals surface area contributed by atoms with Gasteiger partial charge >= 0.3 is 0 Å². The van der Waals surface area contributed by atoms with Crippen LogP contribution in [0.15, 0.2) is 42.5 Å². The summed E-state index contributed by atoms with van der Waals surface area (Å²) in [6, 6.07) is 11.2. The third-order valence-corrected chi connectivity index (χ3v) is 4.44. The number of ether oxygens (including phenoxy) is 1. The van der Waals surface area contributed by atoms with Gasteiger partial charge in [0.05, 0.1) is 12.8 Å². The first-order chi connectivity index (χ1) is 10.9. The number of hydrogen-bond donors (Lipinski definition) is 1. The monoisotopic (exact) mass is 314 g/mol. The second-order valence-corrected chi connectivity index (χ2v) is 6.02. The molecule has 2 N–H and O–H groups in total. The maximum absolute atomic E-state index is 13.2. The minimum absolute atomic E-state index is 0.105. The number of amides is 1. The third-order valence-electron chi connectivity index (χ3n) is 4.44. The summed E-state index contributed by atoms with van der Waals surface area (Å²) in [7, 11) is 1.57. The van der Waals surface area contributed by atoms with Crippen LogP contribution in [0, 0.1) is 11.7 Å². The summed E-state index contributed by atoms with van der Waals surface area (Å²) >= 11 is 0. The molecule has 2 aromatic carbocycles. The Morgan fingerprint density at radius 1 is 1.17 bits per heavy atom. The van der Waals surface area contributed by atoms with Crippen molar-refractivity contribution >= 4 is 17.3 Å². The molecule has 1 amide bonds. The fourth-order valence-corrected chi connectivity index (χ4v) is 2.98. The second-order valence-electron chi connectivity index (χ2n) is 6.02. The van der Waals surface area contributed by atoms with Crippen LogP contribution >= 0.6 is 0 Å². The highest BCUT2D eigenvalue weighted by molar-refractivity contribution is 6.12. The number of nitrogens with two attached hydrogens (primary N) is 1. The van der Waals surface area contributed by atoms with E-state index in [1.165, 1.54) is 12.1 Å². The van der Waals surface area contributed by atoms with Crippen molar-refractivity contribution in [2.45, 2.75) is 19.4 Å². The molecule has 3 rings (SSSR count). The molecule has 23 heavy (non-hydrogen) atoms. The molecule has 1 aliphatic heterocycles. The molecule has 0 saturated carbocycles. The molecular formula is C18H19FN2O2. The lowest BCUT2D eigenvalue weighted by molar-refractivity contribution is -0.123. The summed E-state index contributed by atoms with van der Waals surface area (Å²) in [5.74, 6) is -0.0279. The number of halogens is 1. The van der Waals surface area contributed by atoms with Gasteiger partial charge in [-0.2, -0.15) is 0 Å². The van der Waals surface area contributed by atoms with Crippen LogP contribution in [0.2, 0.25) is 0 Å². The zero-order chi connectivity index (χ0) is 16.8. The second kappa shape index (κ2) is 5.35. The molecule has 120 valence electrons. The minimum Gasteiger partial charge on any atom is -0.497 e. The lowest BCUT2D eigenvalue weighted by Crippen LogP contribution is -2.50. The van der Waals surface area contributed by atoms with Crippen LogP contribution in [-0.4, -0.2) is 13.0 Å². The van der Waals surface area contributed by atoms with Crippen LogP contribution in [0.4, 0.5) is 15.8 Å². The van der Waals surface area contributed by atoms with E-state index < -0.39 is 5.54 Å². The number of rotatable bonds is 3. The van der Waals surface area contributed by atoms with Crippen molar-refractivity contribution in [3.05, 3.63) is 53.8 Å². The normalized spacial score (nSPS) is 20.1. The molecule has 1 atom stereocenters. The average molecular weight is 314 g/mol. The Kier molecular flexibility index (Phi) is 3.60. The van der Waals surface area contributed by atoms with Gasteiger partial charge in [0, 0.05) is 11.3 Å². The first-order valence-corrected chi connectivity index (χ1v) is 7.47. The predicted molar refractivity (Wildman–Crippen MR) is 87.2 cm³/mol. The van der Waals surface area contributed by atoms with Gasteiger partial charge < -0.3 is 10.5 Å². The lowest BCUT2D eigenvalue weighted by Gasteiger charge is -2.28. The van der Waals surface area contributed by atoms with Gasteiger partial charge in [0.15, 0.2) is 0 Å². The number of hydrogen-bond acceptors (Lipinski definition) is 3. The third kappa shape index (κ3) is 2.19. The molecule has 1 heterocycles. The Hall–Kier alpha value is -2.40. The number of carbonyl (C=O) groups is 1. The van der Waals surface area contributed by atoms with Crippen LogP contribution in [0.3, 0.4) is 0 Å². The molecule has 0 spiro atoms. The van der Waals surface area contributed by atoms with Crippen LogP contribution < -0.4 is 15.4 Å². The van der Waals surface area contributed by atoms with Crippen LogP contribution in [0.25, 0.3) is 0 Å². The summed E-state index contributed by atoms with van der Waals surface area (Å²) < 4.78 is 18.5. The van der Waals surface area contributed by atoms with Gasteiger partial charge in [-0.3, -0.25) is 9.69 Å². The summed E-state index contributed by atoms with van der Waals surface area (Å²) in [6.45, 7) is 3.82. The Labute approximate surface area is 134 Å². The van der Waals surface area contributed by atoms with Crippen molar-refractivity contribution in [1.29, 1.82) is 0 Å². The minimum atomic E-state index is -1.14. The van der Waals surface area contributed by atoms with Crippen molar-refractivity contribution in [3.8, 4) is 5.75 Å². The van der Waals surface area contributed by atoms with Crippen molar-refractivity contribution in [2.24, 2.45) is 11.7 Å². The molecule has 0 saturated heterocycles. The standard InChI is InChI=1S/C18H19FN2O2/c1-11(2)18(20)15-10-14(23-3)8-9-16(15)21(17(18)22)13-6-4-12(19)5-7-13/h4-11H,20H2,1-3H3. The van der Waals surface area contributed by atoms with Crippen molar-refractivity contribution in [1.82, 2.24) is 0 Å². The van der Waals surface area contributed by atoms with E-state index in [9.17, 15) is 9.18 Å². The van der Waals surface area contributed by atoms with E-state index in [1.807, 2.05) is 19.9 Å². The predicted octanol–water partition coefficient (Wildman–Crippen LogP) is 3.32. The topological polar surface area (TPSA) is 55.6 Å². The van der Waals surface area contributed by atoms with Crippen LogP contribution in [0.5, 0.6) is 5.75 Å². The zero-order valence-corrected chi connectivity index (χ0v) is 13.3. The molecule has 4 nitrogen and oxygen atoms in total. The van der Waals surface area contributed by atoms with E-state index >= 15 is 0 Å². The fraction of sp³-hybridized carbons (Fsp3) is 0.278. The molecule has 2 aromatic rings. The van der Waals surface area contributed by atoms with E-state index in [2.05, 4.69) is 0 Å². The van der Waals surface area contributed by atoms with Gasteiger partial charge in [0.2, 0.25) is 0 Å². The average Bonchev–Trinajstić information content (AvgIpc) is 2.77. The van der Waals surface area contributed by atoms with E-state index in [0.29, 0.717) is 17.1 Å². The first kappa shape index (κ1) is 15.5. The number of nitrogens with zero attached hydrogens (tertiary/aromatic N) is 1. The Balaban J connectivity index is 2.21. The van der Waals surface area contributed by atoms with E-state index in [4.69, 9.17) is 10.5 Å². The highest BCUT2D eigenvalue weighted by Gasteiger charge is 2.50. The lowest BCUT2D eigenvalue weighted by atomic mass is 9.82. The highest BCUT2D eigenvalue weighted by Crippen LogP contribution is 2.47. The highest BCUT2D eigenvalue weighted by atomic mass is 19.1. The quantitative estimate of drug-likeness (QED) is 0.945. The van der Waals surface area contributed by atoms with Gasteiger partial charge in [-0.05, 0) is 48.4 Å². The Bertz CT molecular complexity index is 758. The molecule has 0 aliphatic carbocycles. The maximum atomic E-state index is 13.2. The fourth-order valence-electron chi connectivity index (χ4n) is 2.98. The molecule has 0 radical (unpaired) electrons. The van der Waals surface area contributed by atoms with Crippen molar-refractivity contribution in [3.63, 3.8) is 0 Å². The molecule has 0 aromatic heterocycles. The summed E-state index contributed by atoms with van der Waals surface area (Å²) in [4.78, 5) is 14.6. The summed E-state index contributed by atoms with van der Waals surface area (Å²) in [5.41, 5.74) is 7.40. The van der Waals surface area contributed by atoms with Gasteiger partial charge in [-0.1, -0.05) is 13.8 Å². The number of methoxy groups -OCH3 is 1. The van der Waals surface area contributed by atoms with Gasteiger partial charge in [0.25, 0.3) is 5.91 Å². The first-order valence-electron chi connectivity index (χ1n) is 7.47. The van der Waals surface area contributed by atoms with Crippen molar-refractivity contribution in [2.75, 3.05) is 12.0 Å². The van der Waals surface area contributed by atoms with Crippen LogP contribution in [0.1, 0.15) is 19.4 Å². The van der Waals surface area contributed by atoms with E-state index in [-0.39, 0.29) is 17.6 Å². The molecule has 5 heteroatoms. The summed E-state index contributed by atoms with van der Waals surface area (Å²) in [6.07, 6.45) is 0. The molecule has 0 fully saturated rings. The number of fused-ring (bicyclic) bond motifs is 1. The molecule has 0 bridgehead atoms. The van der Waals surface area contributed by atoms with E-state index in [1.54, 1.807) is 36.3 Å². The van der Waals surface area contributed by atoms with Gasteiger partial charge in [-0.15, -0.1) is 0 Å². The van der Waals surface area contributed by atoms with E-state index in [0.717, 1.165) is 5.56 Å². The molecule has 1 aliphatic rings. The molecular weight excluding hydrogens is 295 g/mol.